The van der Waals surface area contributed by atoms with Crippen molar-refractivity contribution in [2.24, 2.45) is 11.8 Å². The molecule has 0 bridgehead atoms. The minimum atomic E-state index is -0.246. The Labute approximate surface area is 187 Å². The van der Waals surface area contributed by atoms with Crippen LogP contribution in [0.5, 0.6) is 0 Å². The van der Waals surface area contributed by atoms with Gasteiger partial charge in [-0.3, -0.25) is 4.79 Å². The van der Waals surface area contributed by atoms with E-state index in [9.17, 15) is 4.79 Å². The number of ketones is 1. The number of carbonyl (C=O) groups is 1. The molecule has 6 rings (SSSR count). The summed E-state index contributed by atoms with van der Waals surface area (Å²) in [6, 6.07) is 14.9. The molecule has 0 saturated heterocycles. The number of rotatable bonds is 2. The third-order valence-electron chi connectivity index (χ3n) is 7.71. The van der Waals surface area contributed by atoms with Crippen LogP contribution in [-0.2, 0) is 16.6 Å². The molecule has 160 valence electrons. The van der Waals surface area contributed by atoms with E-state index in [1.807, 2.05) is 29.8 Å². The third kappa shape index (κ3) is 2.70. The number of hydrogen-bond acceptors (Lipinski definition) is 4. The molecule has 3 aromatic heterocycles. The van der Waals surface area contributed by atoms with Gasteiger partial charge in [0.05, 0.1) is 11.4 Å². The van der Waals surface area contributed by atoms with Gasteiger partial charge in [-0.1, -0.05) is 37.3 Å². The maximum Gasteiger partial charge on any atom is 0.136 e. The Kier molecular flexibility index (Phi) is 4.29. The van der Waals surface area contributed by atoms with E-state index in [-0.39, 0.29) is 17.3 Å². The van der Waals surface area contributed by atoms with Gasteiger partial charge in [0, 0.05) is 47.5 Å². The summed E-state index contributed by atoms with van der Waals surface area (Å²) in [5, 5.41) is 0. The first-order valence-corrected chi connectivity index (χ1v) is 11.5. The molecule has 3 heterocycles. The molecule has 1 saturated carbocycles. The Hall–Kier alpha value is -3.34. The Bertz CT molecular complexity index is 1340. The number of pyridine rings is 1. The van der Waals surface area contributed by atoms with E-state index in [0.29, 0.717) is 12.2 Å². The summed E-state index contributed by atoms with van der Waals surface area (Å²) < 4.78 is 2.04. The smallest absolute Gasteiger partial charge is 0.136 e. The minimum Gasteiger partial charge on any atom is -0.306 e. The van der Waals surface area contributed by atoms with Crippen molar-refractivity contribution in [3.8, 4) is 11.3 Å². The van der Waals surface area contributed by atoms with E-state index in [1.165, 1.54) is 11.1 Å². The van der Waals surface area contributed by atoms with Gasteiger partial charge in [-0.15, -0.1) is 0 Å². The number of imidazole rings is 1. The number of carbonyl (C=O) groups excluding carboxylic acids is 1. The molecule has 4 aromatic rings. The van der Waals surface area contributed by atoms with E-state index in [0.717, 1.165) is 47.7 Å². The molecule has 3 atom stereocenters. The average Bonchev–Trinajstić information content (AvgIpc) is 3.29. The zero-order valence-electron chi connectivity index (χ0n) is 18.5. The highest BCUT2D eigenvalue weighted by Crippen LogP contribution is 2.55. The fourth-order valence-corrected chi connectivity index (χ4v) is 6.21. The maximum atomic E-state index is 12.7. The van der Waals surface area contributed by atoms with E-state index in [2.05, 4.69) is 54.5 Å². The van der Waals surface area contributed by atoms with Gasteiger partial charge in [-0.25, -0.2) is 15.0 Å². The molecule has 2 aliphatic rings. The van der Waals surface area contributed by atoms with E-state index < -0.39 is 0 Å². The van der Waals surface area contributed by atoms with Gasteiger partial charge in [-0.05, 0) is 49.8 Å². The minimum absolute atomic E-state index is 0.0399. The first-order valence-electron chi connectivity index (χ1n) is 11.5. The molecular weight excluding hydrogens is 396 g/mol. The fraction of sp³-hybridized carbons (Fsp3) is 0.333. The quantitative estimate of drug-likeness (QED) is 0.459. The van der Waals surface area contributed by atoms with Crippen molar-refractivity contribution in [1.82, 2.24) is 19.4 Å². The fourth-order valence-electron chi connectivity index (χ4n) is 6.21. The molecule has 1 fully saturated rings. The van der Waals surface area contributed by atoms with Crippen molar-refractivity contribution >= 4 is 11.4 Å². The summed E-state index contributed by atoms with van der Waals surface area (Å²) in [6.45, 7) is 4.11. The van der Waals surface area contributed by atoms with Crippen molar-refractivity contribution in [2.75, 3.05) is 0 Å². The summed E-state index contributed by atoms with van der Waals surface area (Å²) in [5.41, 5.74) is 6.42. The zero-order valence-corrected chi connectivity index (χ0v) is 18.5. The molecule has 32 heavy (non-hydrogen) atoms. The van der Waals surface area contributed by atoms with Crippen LogP contribution in [0.15, 0.2) is 61.1 Å². The lowest BCUT2D eigenvalue weighted by Crippen LogP contribution is -2.50. The SMILES string of the molecule is Cc1nc(-c2ccc3nccn3c2)c2c(n1)[C@@]1(c3ccccc3)CCC(=O)[C@@H](C)[C@@H]1CC2. The second kappa shape index (κ2) is 7.09. The van der Waals surface area contributed by atoms with Gasteiger partial charge in [0.25, 0.3) is 0 Å². The number of Topliss-reactive ketones (excluding diaryl/α,β-unsaturated/α-hetero) is 1. The molecule has 5 nitrogen and oxygen atoms in total. The van der Waals surface area contributed by atoms with Gasteiger partial charge in [-0.2, -0.15) is 0 Å². The predicted octanol–water partition coefficient (Wildman–Crippen LogP) is 4.95. The monoisotopic (exact) mass is 422 g/mol. The average molecular weight is 423 g/mol. The lowest BCUT2D eigenvalue weighted by molar-refractivity contribution is -0.128. The van der Waals surface area contributed by atoms with Crippen LogP contribution in [0.4, 0.5) is 0 Å². The van der Waals surface area contributed by atoms with Crippen molar-refractivity contribution < 1.29 is 4.79 Å². The van der Waals surface area contributed by atoms with Crippen LogP contribution in [0, 0.1) is 18.8 Å². The van der Waals surface area contributed by atoms with Crippen LogP contribution in [0.3, 0.4) is 0 Å². The van der Waals surface area contributed by atoms with E-state index in [1.54, 1.807) is 0 Å². The molecular formula is C27H26N4O. The summed E-state index contributed by atoms with van der Waals surface area (Å²) in [5.74, 6) is 1.47. The normalized spacial score (nSPS) is 24.9. The number of benzene rings is 1. The number of aromatic nitrogens is 4. The molecule has 0 aliphatic heterocycles. The summed E-state index contributed by atoms with van der Waals surface area (Å²) >= 11 is 0. The summed E-state index contributed by atoms with van der Waals surface area (Å²) in [7, 11) is 0. The number of hydrogen-bond donors (Lipinski definition) is 0. The van der Waals surface area contributed by atoms with Crippen LogP contribution >= 0.6 is 0 Å². The van der Waals surface area contributed by atoms with Crippen LogP contribution < -0.4 is 0 Å². The predicted molar refractivity (Wildman–Crippen MR) is 123 cm³/mol. The van der Waals surface area contributed by atoms with E-state index in [4.69, 9.17) is 9.97 Å². The van der Waals surface area contributed by atoms with Crippen molar-refractivity contribution in [3.63, 3.8) is 0 Å². The maximum absolute atomic E-state index is 12.7. The first-order chi connectivity index (χ1) is 15.6. The van der Waals surface area contributed by atoms with Gasteiger partial charge in [0.2, 0.25) is 0 Å². The number of fused-ring (bicyclic) bond motifs is 4. The third-order valence-corrected chi connectivity index (χ3v) is 7.71. The Morgan fingerprint density at radius 1 is 1.06 bits per heavy atom. The summed E-state index contributed by atoms with van der Waals surface area (Å²) in [6.07, 6.45) is 9.17. The van der Waals surface area contributed by atoms with Crippen LogP contribution in [0.25, 0.3) is 16.9 Å². The highest BCUT2D eigenvalue weighted by atomic mass is 16.1. The first kappa shape index (κ1) is 19.4. The lowest BCUT2D eigenvalue weighted by Gasteiger charge is -2.50. The van der Waals surface area contributed by atoms with Gasteiger partial charge < -0.3 is 4.40 Å². The molecule has 0 spiro atoms. The van der Waals surface area contributed by atoms with Gasteiger partial charge in [0.15, 0.2) is 0 Å². The van der Waals surface area contributed by atoms with Gasteiger partial charge in [0.1, 0.15) is 17.3 Å². The number of aryl methyl sites for hydroxylation is 1. The van der Waals surface area contributed by atoms with Crippen LogP contribution in [0.2, 0.25) is 0 Å². The molecule has 5 heteroatoms. The van der Waals surface area contributed by atoms with Crippen LogP contribution in [0.1, 0.15) is 48.8 Å². The summed E-state index contributed by atoms with van der Waals surface area (Å²) in [4.78, 5) is 27.2. The zero-order chi connectivity index (χ0) is 21.9. The van der Waals surface area contributed by atoms with Crippen molar-refractivity contribution in [2.45, 2.75) is 44.9 Å². The molecule has 0 amide bonds. The molecule has 1 aromatic carbocycles. The van der Waals surface area contributed by atoms with Crippen LogP contribution in [-0.4, -0.2) is 25.1 Å². The Morgan fingerprint density at radius 3 is 2.75 bits per heavy atom. The number of nitrogens with zero attached hydrogens (tertiary/aromatic N) is 4. The Balaban J connectivity index is 1.62. The highest BCUT2D eigenvalue weighted by Gasteiger charge is 2.53. The standard InChI is InChI=1S/C27H26N4O/c1-17-22-10-9-21-25(19-8-11-24-28-14-15-31(24)16-19)29-18(2)30-26(21)27(22,13-12-23(17)32)20-6-4-3-5-7-20/h3-8,11,14-17,22H,9-10,12-13H2,1-2H3/t17-,22-,27+/m0/s1. The molecule has 0 N–H and O–H groups in total. The second-order valence-electron chi connectivity index (χ2n) is 9.29. The molecule has 0 radical (unpaired) electrons. The lowest BCUT2D eigenvalue weighted by atomic mass is 9.52. The topological polar surface area (TPSA) is 60.1 Å². The molecule has 2 aliphatic carbocycles. The second-order valence-corrected chi connectivity index (χ2v) is 9.29. The Morgan fingerprint density at radius 2 is 1.91 bits per heavy atom. The molecule has 0 unspecified atom stereocenters. The van der Waals surface area contributed by atoms with Gasteiger partial charge >= 0.3 is 0 Å². The van der Waals surface area contributed by atoms with E-state index >= 15 is 0 Å². The highest BCUT2D eigenvalue weighted by molar-refractivity contribution is 5.83. The van der Waals surface area contributed by atoms with Crippen molar-refractivity contribution in [1.29, 1.82) is 0 Å². The van der Waals surface area contributed by atoms with Crippen molar-refractivity contribution in [3.05, 3.63) is 83.7 Å². The largest absolute Gasteiger partial charge is 0.306 e.